The van der Waals surface area contributed by atoms with Crippen LogP contribution in [-0.2, 0) is 0 Å². The van der Waals surface area contributed by atoms with Crippen LogP contribution in [0.4, 0.5) is 0 Å². The Morgan fingerprint density at radius 1 is 0.204 bits per heavy atom. The summed E-state index contributed by atoms with van der Waals surface area (Å²) in [5.41, 5.74) is 0. The van der Waals surface area contributed by atoms with E-state index in [1.165, 1.54) is 30.7 Å². The highest BCUT2D eigenvalue weighted by molar-refractivity contribution is 6.25. The van der Waals surface area contributed by atoms with Crippen LogP contribution < -0.4 is 151 Å². The molecule has 0 N–H and O–H groups in total. The van der Waals surface area contributed by atoms with Gasteiger partial charge in [0.1, 0.15) is 0 Å². The van der Waals surface area contributed by atoms with Gasteiger partial charge in [-0.15, -0.1) is 0 Å². The topological polar surface area (TPSA) is 692 Å². The molecule has 0 amide bonds. The Balaban J connectivity index is -0.0000000366. The van der Waals surface area contributed by atoms with Crippen molar-refractivity contribution in [3.63, 3.8) is 0 Å². The summed E-state index contributed by atoms with van der Waals surface area (Å²) in [7, 11) is -29.2. The van der Waals surface area contributed by atoms with Crippen molar-refractivity contribution < 1.29 is 155 Å². The van der Waals surface area contributed by atoms with E-state index in [1.807, 2.05) is 0 Å². The molecule has 0 spiro atoms. The fourth-order valence-electron chi connectivity index (χ4n) is 1.34. The highest BCUT2D eigenvalue weighted by atomic mass is 16.6. The molecule has 0 unspecified atom stereocenters. The van der Waals surface area contributed by atoms with Crippen LogP contribution in [0.1, 0.15) is 27.7 Å². The predicted molar refractivity (Wildman–Crippen MR) is 100.0 cm³/mol. The molecule has 31 nitrogen and oxygen atoms in total. The molecule has 0 aliphatic carbocycles. The monoisotopic (exact) mass is 720 g/mol. The number of nitrogens with zero attached hydrogens (tertiary/aromatic N) is 1. The number of quaternary nitrogens is 1. The Kier molecular flexibility index (Phi) is 104. The molecule has 0 aromatic carbocycles. The number of hydrogen-bond donors (Lipinski definition) is 0. The van der Waals surface area contributed by atoms with Gasteiger partial charge in [-0.3, -0.25) is 73.2 Å². The summed E-state index contributed by atoms with van der Waals surface area (Å²) in [6.07, 6.45) is 0. The highest BCUT2D eigenvalue weighted by Crippen LogP contribution is 2.03. The van der Waals surface area contributed by atoms with Gasteiger partial charge in [-0.1, -0.05) is 0 Å². The SMILES string of the molecule is CC[N+](CC)(CC)CC.[O-]B([O-])[O-].[O-]B([O-])[O-].[O-]B([O-])[O-].[O-]B([O-])[O-].[O-]B([O-])[O-].[O-]B([O-])[O-].[O-]B([O-])[O-].[O-]B([O-])[O-].[O-]B([O-])[O-].[O-]B([O-])[O-]. The standard InChI is InChI=1S/C8H20N.10BO3/c1-5-9(6-2,7-3)8-4;10*2-1(3)4/h5-8H2,1-4H3;;;;;;;;;;/q+1;10*-3. The van der Waals surface area contributed by atoms with Gasteiger partial charge in [0.15, 0.2) is 0 Å². The molecule has 0 rings (SSSR count). The number of hydrogen-bond acceptors (Lipinski definition) is 30. The van der Waals surface area contributed by atoms with Gasteiger partial charge < -0.3 is 155 Å². The Bertz CT molecular complexity index is 326. The van der Waals surface area contributed by atoms with Gasteiger partial charge in [0.25, 0.3) is 0 Å². The van der Waals surface area contributed by atoms with Gasteiger partial charge in [-0.2, -0.15) is 0 Å². The van der Waals surface area contributed by atoms with Gasteiger partial charge >= 0.3 is 0 Å². The molecule has 0 aliphatic heterocycles. The summed E-state index contributed by atoms with van der Waals surface area (Å²) in [4.78, 5) is 0. The average molecular weight is 718 g/mol. The molecule has 0 aromatic rings. The van der Waals surface area contributed by atoms with Crippen LogP contribution in [0.2, 0.25) is 0 Å². The van der Waals surface area contributed by atoms with Crippen molar-refractivity contribution in [2.45, 2.75) is 27.7 Å². The first kappa shape index (κ1) is 77.7. The second-order valence-corrected chi connectivity index (χ2v) is 5.49. The van der Waals surface area contributed by atoms with E-state index < -0.39 is 73.2 Å². The summed E-state index contributed by atoms with van der Waals surface area (Å²) < 4.78 is 1.28. The van der Waals surface area contributed by atoms with Gasteiger partial charge in [0, 0.05) is 0 Å². The normalized spacial score (nSPS) is 7.71. The van der Waals surface area contributed by atoms with Crippen LogP contribution in [0.15, 0.2) is 0 Å². The highest BCUT2D eigenvalue weighted by Gasteiger charge is 2.16. The molecule has 296 valence electrons. The molecule has 0 bridgehead atoms. The van der Waals surface area contributed by atoms with E-state index in [-0.39, 0.29) is 0 Å². The van der Waals surface area contributed by atoms with E-state index in [2.05, 4.69) is 27.7 Å². The largest absolute Gasteiger partial charge is 0.907 e. The quantitative estimate of drug-likeness (QED) is 0.192. The molecular formula is C8H20B10NO30-29. The first-order valence-corrected chi connectivity index (χ1v) is 11.2. The summed E-state index contributed by atoms with van der Waals surface area (Å²) in [5, 5.41) is 252. The van der Waals surface area contributed by atoms with Crippen LogP contribution in [0.5, 0.6) is 0 Å². The number of rotatable bonds is 4. The van der Waals surface area contributed by atoms with Crippen LogP contribution in [0, 0.1) is 0 Å². The molecule has 0 atom stereocenters. The first-order chi connectivity index (χ1) is 21.6. The summed E-state index contributed by atoms with van der Waals surface area (Å²) in [6.45, 7) is 14.2. The lowest BCUT2D eigenvalue weighted by atomic mass is 10.3. The van der Waals surface area contributed by atoms with Crippen molar-refractivity contribution in [2.24, 2.45) is 0 Å². The third-order valence-electron chi connectivity index (χ3n) is 2.68. The van der Waals surface area contributed by atoms with Gasteiger partial charge in [-0.25, -0.2) is 0 Å². The molecule has 0 aliphatic rings. The molecular weight excluding hydrogens is 698 g/mol. The lowest BCUT2D eigenvalue weighted by molar-refractivity contribution is -0.921. The zero-order valence-electron chi connectivity index (χ0n) is 25.3. The molecule has 0 fully saturated rings. The van der Waals surface area contributed by atoms with E-state index in [9.17, 15) is 0 Å². The van der Waals surface area contributed by atoms with Crippen molar-refractivity contribution in [2.75, 3.05) is 26.2 Å². The first-order valence-electron chi connectivity index (χ1n) is 11.2. The van der Waals surface area contributed by atoms with Gasteiger partial charge in [0.2, 0.25) is 0 Å². The molecule has 0 heterocycles. The van der Waals surface area contributed by atoms with Crippen molar-refractivity contribution in [1.82, 2.24) is 0 Å². The van der Waals surface area contributed by atoms with Gasteiger partial charge in [0.05, 0.1) is 26.2 Å². The minimum atomic E-state index is -2.92. The van der Waals surface area contributed by atoms with Crippen molar-refractivity contribution >= 4 is 73.2 Å². The second-order valence-electron chi connectivity index (χ2n) is 5.49. The summed E-state index contributed by atoms with van der Waals surface area (Å²) >= 11 is 0. The van der Waals surface area contributed by atoms with Crippen LogP contribution in [0.3, 0.4) is 0 Å². The predicted octanol–water partition coefficient (Wildman–Crippen LogP) is -37.6. The smallest absolute Gasteiger partial charge is 0.0757 e. The lowest BCUT2D eigenvalue weighted by Crippen LogP contribution is -2.56. The fourth-order valence-corrected chi connectivity index (χ4v) is 1.34. The van der Waals surface area contributed by atoms with Crippen molar-refractivity contribution in [1.29, 1.82) is 0 Å². The van der Waals surface area contributed by atoms with Crippen molar-refractivity contribution in [3.05, 3.63) is 0 Å². The Morgan fingerprint density at radius 2 is 0.245 bits per heavy atom. The van der Waals surface area contributed by atoms with E-state index in [4.69, 9.17) is 151 Å². The van der Waals surface area contributed by atoms with Crippen LogP contribution in [-0.4, -0.2) is 104 Å². The van der Waals surface area contributed by atoms with Gasteiger partial charge in [-0.05, 0) is 27.7 Å². The molecule has 0 aromatic heterocycles. The second kappa shape index (κ2) is 65.7. The van der Waals surface area contributed by atoms with Crippen LogP contribution in [0.25, 0.3) is 0 Å². The lowest BCUT2D eigenvalue weighted by Gasteiger charge is -2.35. The minimum Gasteiger partial charge on any atom is -0.907 e. The maximum atomic E-state index is 8.42. The average Bonchev–Trinajstić information content (AvgIpc) is 2.77. The zero-order valence-corrected chi connectivity index (χ0v) is 25.3. The Morgan fingerprint density at radius 3 is 0.245 bits per heavy atom. The Hall–Kier alpha value is -0.591. The zero-order chi connectivity index (χ0) is 43.1. The summed E-state index contributed by atoms with van der Waals surface area (Å²) in [6, 6.07) is 0. The maximum Gasteiger partial charge on any atom is 0.0757 e. The summed E-state index contributed by atoms with van der Waals surface area (Å²) in [5.74, 6) is 0. The molecule has 49 heavy (non-hydrogen) atoms. The fraction of sp³-hybridized carbons (Fsp3) is 1.00. The minimum absolute atomic E-state index is 1.28. The van der Waals surface area contributed by atoms with E-state index in [0.29, 0.717) is 0 Å². The Labute approximate surface area is 282 Å². The molecule has 0 radical (unpaired) electrons. The third kappa shape index (κ3) is 751. The van der Waals surface area contributed by atoms with E-state index in [0.717, 1.165) is 0 Å². The molecule has 0 saturated carbocycles. The maximum absolute atomic E-state index is 8.42. The van der Waals surface area contributed by atoms with E-state index in [1.54, 1.807) is 0 Å². The molecule has 41 heteroatoms. The third-order valence-corrected chi connectivity index (χ3v) is 2.68. The van der Waals surface area contributed by atoms with Crippen LogP contribution >= 0.6 is 0 Å². The molecule has 0 saturated heterocycles. The van der Waals surface area contributed by atoms with E-state index >= 15 is 0 Å². The van der Waals surface area contributed by atoms with Crippen molar-refractivity contribution in [3.8, 4) is 0 Å².